The maximum atomic E-state index is 12.5. The molecule has 3 rings (SSSR count). The van der Waals surface area contributed by atoms with Crippen LogP contribution in [0.25, 0.3) is 0 Å². The molecule has 7 heteroatoms. The molecule has 0 bridgehead atoms. The minimum atomic E-state index is -4.08. The Balaban J connectivity index is 1.84. The molecule has 0 saturated carbocycles. The van der Waals surface area contributed by atoms with Crippen LogP contribution in [0.2, 0.25) is 0 Å². The first-order valence-corrected chi connectivity index (χ1v) is 10.1. The molecule has 0 atom stereocenters. The fourth-order valence-corrected chi connectivity index (χ4v) is 4.04. The smallest absolute Gasteiger partial charge is 0.340 e. The molecule has 2 N–H and O–H groups in total. The fraction of sp³-hybridized carbons (Fsp3) is 0.190. The van der Waals surface area contributed by atoms with Crippen molar-refractivity contribution in [2.24, 2.45) is 12.8 Å². The van der Waals surface area contributed by atoms with Crippen LogP contribution >= 0.6 is 0 Å². The van der Waals surface area contributed by atoms with E-state index < -0.39 is 16.0 Å². The number of carbonyl (C=O) groups excluding carboxylic acids is 1. The Bertz CT molecular complexity index is 1100. The third-order valence-electron chi connectivity index (χ3n) is 4.80. The topological polar surface area (TPSA) is 91.4 Å². The largest absolute Gasteiger partial charge is 0.379 e. The van der Waals surface area contributed by atoms with E-state index in [0.29, 0.717) is 0 Å². The number of benzene rings is 2. The minimum absolute atomic E-state index is 0.0853. The second kappa shape index (κ2) is 7.16. The molecule has 0 spiro atoms. The summed E-state index contributed by atoms with van der Waals surface area (Å²) < 4.78 is 31.6. The van der Waals surface area contributed by atoms with E-state index in [1.165, 1.54) is 16.8 Å². The SMILES string of the molecule is Cn1cc(S(=O)(=O)Oc2ccc(C(C)(C)c3ccccc3)cc2)cc1C(N)=O. The number of nitrogens with zero attached hydrogens (tertiary/aromatic N) is 1. The van der Waals surface area contributed by atoms with Gasteiger partial charge in [0.05, 0.1) is 0 Å². The Hall–Kier alpha value is -3.06. The third-order valence-corrected chi connectivity index (χ3v) is 6.01. The van der Waals surface area contributed by atoms with E-state index in [1.54, 1.807) is 19.2 Å². The number of hydrogen-bond acceptors (Lipinski definition) is 4. The maximum absolute atomic E-state index is 12.5. The van der Waals surface area contributed by atoms with Crippen molar-refractivity contribution < 1.29 is 17.4 Å². The number of aryl methyl sites for hydroxylation is 1. The summed E-state index contributed by atoms with van der Waals surface area (Å²) in [4.78, 5) is 11.2. The van der Waals surface area contributed by atoms with E-state index in [0.717, 1.165) is 11.1 Å². The number of carbonyl (C=O) groups is 1. The molecule has 0 aliphatic heterocycles. The first-order valence-electron chi connectivity index (χ1n) is 8.68. The highest BCUT2D eigenvalue weighted by Crippen LogP contribution is 2.32. The lowest BCUT2D eigenvalue weighted by Gasteiger charge is -2.26. The zero-order valence-corrected chi connectivity index (χ0v) is 16.7. The van der Waals surface area contributed by atoms with Crippen molar-refractivity contribution >= 4 is 16.0 Å². The maximum Gasteiger partial charge on any atom is 0.340 e. The Labute approximate surface area is 164 Å². The van der Waals surface area contributed by atoms with Gasteiger partial charge in [0.1, 0.15) is 16.3 Å². The van der Waals surface area contributed by atoms with Crippen LogP contribution in [-0.2, 0) is 22.6 Å². The van der Waals surface area contributed by atoms with Crippen LogP contribution in [0.3, 0.4) is 0 Å². The van der Waals surface area contributed by atoms with E-state index in [2.05, 4.69) is 26.0 Å². The second-order valence-corrected chi connectivity index (χ2v) is 8.64. The van der Waals surface area contributed by atoms with Crippen LogP contribution in [0.4, 0.5) is 0 Å². The molecule has 0 aliphatic rings. The zero-order valence-electron chi connectivity index (χ0n) is 15.9. The zero-order chi connectivity index (χ0) is 20.5. The van der Waals surface area contributed by atoms with Gasteiger partial charge in [0.2, 0.25) is 0 Å². The van der Waals surface area contributed by atoms with Crippen LogP contribution in [0.15, 0.2) is 71.8 Å². The number of nitrogens with two attached hydrogens (primary N) is 1. The average molecular weight is 398 g/mol. The predicted molar refractivity (Wildman–Crippen MR) is 107 cm³/mol. The summed E-state index contributed by atoms with van der Waals surface area (Å²) in [5, 5.41) is 0. The van der Waals surface area contributed by atoms with E-state index in [1.807, 2.05) is 30.3 Å². The lowest BCUT2D eigenvalue weighted by atomic mass is 9.78. The molecule has 0 unspecified atom stereocenters. The molecule has 0 fully saturated rings. The molecule has 1 aromatic heterocycles. The highest BCUT2D eigenvalue weighted by molar-refractivity contribution is 7.87. The first kappa shape index (κ1) is 19.7. The van der Waals surface area contributed by atoms with Crippen LogP contribution in [0.5, 0.6) is 5.75 Å². The molecule has 0 radical (unpaired) electrons. The van der Waals surface area contributed by atoms with Gasteiger partial charge in [0.25, 0.3) is 5.91 Å². The minimum Gasteiger partial charge on any atom is -0.379 e. The van der Waals surface area contributed by atoms with Gasteiger partial charge >= 0.3 is 10.1 Å². The van der Waals surface area contributed by atoms with Crippen molar-refractivity contribution in [3.05, 3.63) is 83.7 Å². The Morgan fingerprint density at radius 3 is 2.11 bits per heavy atom. The fourth-order valence-electron chi connectivity index (χ4n) is 3.04. The van der Waals surface area contributed by atoms with Gasteiger partial charge in [-0.1, -0.05) is 56.3 Å². The van der Waals surface area contributed by atoms with E-state index in [4.69, 9.17) is 9.92 Å². The van der Waals surface area contributed by atoms with Crippen molar-refractivity contribution in [2.75, 3.05) is 0 Å². The highest BCUT2D eigenvalue weighted by Gasteiger charge is 2.24. The summed E-state index contributed by atoms with van der Waals surface area (Å²) in [6.45, 7) is 4.20. The summed E-state index contributed by atoms with van der Waals surface area (Å²) in [6, 6.07) is 18.2. The molecule has 0 saturated heterocycles. The van der Waals surface area contributed by atoms with Gasteiger partial charge in [-0.25, -0.2) is 0 Å². The predicted octanol–water partition coefficient (Wildman–Crippen LogP) is 3.22. The average Bonchev–Trinajstić information content (AvgIpc) is 3.06. The van der Waals surface area contributed by atoms with Crippen molar-refractivity contribution in [1.29, 1.82) is 0 Å². The Morgan fingerprint density at radius 1 is 1.00 bits per heavy atom. The van der Waals surface area contributed by atoms with Gasteiger partial charge in [-0.2, -0.15) is 8.42 Å². The number of rotatable bonds is 6. The number of hydrogen-bond donors (Lipinski definition) is 1. The summed E-state index contributed by atoms with van der Waals surface area (Å²) >= 11 is 0. The van der Waals surface area contributed by atoms with Crippen LogP contribution in [0.1, 0.15) is 35.5 Å². The van der Waals surface area contributed by atoms with Gasteiger partial charge in [-0.3, -0.25) is 4.79 Å². The Kier molecular flexibility index (Phi) is 5.04. The van der Waals surface area contributed by atoms with Crippen molar-refractivity contribution in [1.82, 2.24) is 4.57 Å². The van der Waals surface area contributed by atoms with Crippen LogP contribution in [-0.4, -0.2) is 18.9 Å². The quantitative estimate of drug-likeness (QED) is 0.646. The number of amides is 1. The highest BCUT2D eigenvalue weighted by atomic mass is 32.2. The molecule has 1 heterocycles. The van der Waals surface area contributed by atoms with E-state index in [-0.39, 0.29) is 21.8 Å². The normalized spacial score (nSPS) is 12.0. The summed E-state index contributed by atoms with van der Waals surface area (Å²) in [6.07, 6.45) is 1.29. The number of primary amides is 1. The van der Waals surface area contributed by atoms with Gasteiger partial charge in [0.15, 0.2) is 0 Å². The van der Waals surface area contributed by atoms with Crippen molar-refractivity contribution in [3.8, 4) is 5.75 Å². The Morgan fingerprint density at radius 2 is 1.57 bits per heavy atom. The van der Waals surface area contributed by atoms with E-state index >= 15 is 0 Å². The van der Waals surface area contributed by atoms with Crippen molar-refractivity contribution in [3.63, 3.8) is 0 Å². The molecular formula is C21H22N2O4S. The molecule has 146 valence electrons. The van der Waals surface area contributed by atoms with Gasteiger partial charge in [-0.05, 0) is 29.3 Å². The molecule has 28 heavy (non-hydrogen) atoms. The van der Waals surface area contributed by atoms with Gasteiger partial charge in [0, 0.05) is 18.7 Å². The summed E-state index contributed by atoms with van der Waals surface area (Å²) in [5.74, 6) is -0.520. The molecule has 3 aromatic rings. The monoisotopic (exact) mass is 398 g/mol. The van der Waals surface area contributed by atoms with Crippen molar-refractivity contribution in [2.45, 2.75) is 24.2 Å². The lowest BCUT2D eigenvalue weighted by molar-refractivity contribution is 0.0992. The molecule has 6 nitrogen and oxygen atoms in total. The van der Waals surface area contributed by atoms with E-state index in [9.17, 15) is 13.2 Å². The molecule has 2 aromatic carbocycles. The molecular weight excluding hydrogens is 376 g/mol. The molecule has 0 aliphatic carbocycles. The van der Waals surface area contributed by atoms with Gasteiger partial charge < -0.3 is 14.5 Å². The second-order valence-electron chi connectivity index (χ2n) is 7.09. The number of aromatic nitrogens is 1. The standard InChI is InChI=1S/C21H22N2O4S/c1-21(2,15-7-5-4-6-8-15)16-9-11-17(12-10-16)27-28(25,26)18-13-19(20(22)24)23(3)14-18/h4-14H,1-3H3,(H2,22,24). The third kappa shape index (κ3) is 3.80. The first-order chi connectivity index (χ1) is 13.1. The van der Waals surface area contributed by atoms with Crippen LogP contribution < -0.4 is 9.92 Å². The lowest BCUT2D eigenvalue weighted by Crippen LogP contribution is -2.18. The molecule has 1 amide bonds. The summed E-state index contributed by atoms with van der Waals surface area (Å²) in [5.41, 5.74) is 7.26. The van der Waals surface area contributed by atoms with Crippen LogP contribution in [0, 0.1) is 0 Å². The van der Waals surface area contributed by atoms with Gasteiger partial charge in [-0.15, -0.1) is 0 Å². The summed E-state index contributed by atoms with van der Waals surface area (Å²) in [7, 11) is -2.54.